The van der Waals surface area contributed by atoms with Gasteiger partial charge in [-0.25, -0.2) is 4.79 Å². The highest BCUT2D eigenvalue weighted by atomic mass is 16.7. The molecule has 70 heavy (non-hydrogen) atoms. The number of nitrogens with zero attached hydrogens (tertiary/aromatic N) is 3. The van der Waals surface area contributed by atoms with E-state index >= 15 is 4.79 Å². The van der Waals surface area contributed by atoms with Crippen LogP contribution < -0.4 is 18.9 Å². The second-order valence-corrected chi connectivity index (χ2v) is 19.4. The van der Waals surface area contributed by atoms with Crippen LogP contribution in [0.25, 0.3) is 0 Å². The second kappa shape index (κ2) is 26.9. The van der Waals surface area contributed by atoms with Crippen LogP contribution in [0.1, 0.15) is 151 Å². The van der Waals surface area contributed by atoms with Crippen molar-refractivity contribution in [3.63, 3.8) is 0 Å². The van der Waals surface area contributed by atoms with E-state index in [1.165, 1.54) is 44.9 Å². The third-order valence-corrected chi connectivity index (χ3v) is 14.4. The van der Waals surface area contributed by atoms with E-state index in [-0.39, 0.29) is 63.9 Å². The molecule has 0 radical (unpaired) electrons. The van der Waals surface area contributed by atoms with Gasteiger partial charge in [0, 0.05) is 43.4 Å². The summed E-state index contributed by atoms with van der Waals surface area (Å²) in [7, 11) is 0. The standard InChI is InChI=1S/C57H79N3O10/c1-5-8-9-10-11-12-13-14-15-20-33-64-56(63)60(38-42-26-28-51-52(34-42)67-40-66-51)53-37-49(59-69-7-3)47-35-43(23-16-18-30-61)46(25-17-19-31-62)54-48-36-45(65-39-44-24-21-22-41(4)58-44)27-29-50(48)70-57(53,55(47)54)68-32-6-2/h6,21-22,24,26-29,34-36,43,46,53-55,61-62H,2,5,7-20,23,25,30-33,37-40H2,1,3-4H3. The van der Waals surface area contributed by atoms with Crippen molar-refractivity contribution in [2.45, 2.75) is 161 Å². The fraction of sp³-hybridized carbons (Fsp3) is 0.596. The Labute approximate surface area is 416 Å². The van der Waals surface area contributed by atoms with E-state index in [0.717, 1.165) is 78.7 Å². The SMILES string of the molecule is C=CCOC12Oc3ccc(OCc4cccc(C)n4)cc3C3C(CCCCO)C(CCCCO)C=C(C(=NOCC)CC1N(Cc1ccc4c(c1)OCO4)C(=O)OCCCCCCCCCCCC)C32. The van der Waals surface area contributed by atoms with Crippen LogP contribution >= 0.6 is 0 Å². The number of hydrogen-bond donors (Lipinski definition) is 2. The zero-order valence-corrected chi connectivity index (χ0v) is 42.1. The largest absolute Gasteiger partial charge is 0.487 e. The van der Waals surface area contributed by atoms with Crippen molar-refractivity contribution < 1.29 is 48.3 Å². The number of unbranched alkanes of at least 4 members (excludes halogenated alkanes) is 11. The van der Waals surface area contributed by atoms with E-state index in [0.29, 0.717) is 49.1 Å². The van der Waals surface area contributed by atoms with Gasteiger partial charge < -0.3 is 43.5 Å². The lowest BCUT2D eigenvalue weighted by atomic mass is 9.55. The fourth-order valence-corrected chi connectivity index (χ4v) is 11.1. The molecule has 13 nitrogen and oxygen atoms in total. The number of pyridine rings is 1. The van der Waals surface area contributed by atoms with E-state index < -0.39 is 23.8 Å². The Morgan fingerprint density at radius 2 is 1.63 bits per heavy atom. The Hall–Kier alpha value is -5.11. The molecule has 0 saturated heterocycles. The zero-order chi connectivity index (χ0) is 49.1. The van der Waals surface area contributed by atoms with Crippen molar-refractivity contribution >= 4 is 11.8 Å². The molecule has 4 aliphatic rings. The normalized spacial score (nSPS) is 22.4. The molecule has 1 fully saturated rings. The number of rotatable bonds is 30. The Morgan fingerprint density at radius 3 is 2.37 bits per heavy atom. The van der Waals surface area contributed by atoms with Crippen molar-refractivity contribution in [3.05, 3.63) is 101 Å². The van der Waals surface area contributed by atoms with E-state index in [1.54, 1.807) is 11.0 Å². The van der Waals surface area contributed by atoms with Crippen molar-refractivity contribution in [3.8, 4) is 23.0 Å². The average molecular weight is 966 g/mol. The molecular weight excluding hydrogens is 887 g/mol. The molecule has 1 saturated carbocycles. The minimum absolute atomic E-state index is 0.0553. The van der Waals surface area contributed by atoms with Gasteiger partial charge in [0.25, 0.3) is 0 Å². The van der Waals surface area contributed by atoms with E-state index in [9.17, 15) is 10.2 Å². The smallest absolute Gasteiger partial charge is 0.410 e. The minimum atomic E-state index is -1.45. The van der Waals surface area contributed by atoms with E-state index in [4.69, 9.17) is 38.4 Å². The number of aliphatic hydroxyl groups excluding tert-OH is 2. The van der Waals surface area contributed by atoms with Gasteiger partial charge in [0.2, 0.25) is 12.6 Å². The quantitative estimate of drug-likeness (QED) is 0.0373. The number of benzene rings is 2. The number of carbonyl (C=O) groups is 1. The molecule has 1 amide bonds. The summed E-state index contributed by atoms with van der Waals surface area (Å²) in [4.78, 5) is 27.5. The minimum Gasteiger partial charge on any atom is -0.487 e. The van der Waals surface area contributed by atoms with Crippen molar-refractivity contribution in [1.82, 2.24) is 9.88 Å². The first kappa shape index (κ1) is 52.7. The molecule has 13 heteroatoms. The van der Waals surface area contributed by atoms with Crippen LogP contribution in [0.3, 0.4) is 0 Å². The first-order valence-electron chi connectivity index (χ1n) is 26.4. The van der Waals surface area contributed by atoms with Gasteiger partial charge in [0.15, 0.2) is 11.5 Å². The summed E-state index contributed by atoms with van der Waals surface area (Å²) in [6.07, 6.45) is 20.2. The number of fused-ring (bicyclic) bond motifs is 3. The molecule has 1 aromatic heterocycles. The maximum atomic E-state index is 15.1. The maximum absolute atomic E-state index is 15.1. The molecule has 7 rings (SSSR count). The summed E-state index contributed by atoms with van der Waals surface area (Å²) in [5, 5.41) is 24.9. The van der Waals surface area contributed by atoms with Crippen LogP contribution in [0, 0.1) is 24.7 Å². The fourth-order valence-electron chi connectivity index (χ4n) is 11.1. The van der Waals surface area contributed by atoms with Crippen molar-refractivity contribution in [2.75, 3.05) is 39.8 Å². The van der Waals surface area contributed by atoms with Crippen molar-refractivity contribution in [1.29, 1.82) is 0 Å². The summed E-state index contributed by atoms with van der Waals surface area (Å²) in [5.74, 6) is 0.600. The molecular formula is C57H79N3O10. The maximum Gasteiger partial charge on any atom is 0.410 e. The topological polar surface area (TPSA) is 151 Å². The first-order valence-corrected chi connectivity index (χ1v) is 26.4. The van der Waals surface area contributed by atoms with Gasteiger partial charge in [-0.2, -0.15) is 0 Å². The number of ether oxygens (including phenoxy) is 6. The van der Waals surface area contributed by atoms with Crippen LogP contribution in [0.4, 0.5) is 4.79 Å². The molecule has 382 valence electrons. The highest BCUT2D eigenvalue weighted by molar-refractivity contribution is 6.03. The predicted octanol–water partition coefficient (Wildman–Crippen LogP) is 11.9. The van der Waals surface area contributed by atoms with Crippen LogP contribution in [-0.4, -0.2) is 83.6 Å². The molecule has 3 heterocycles. The lowest BCUT2D eigenvalue weighted by Crippen LogP contribution is -2.70. The Morgan fingerprint density at radius 1 is 0.886 bits per heavy atom. The van der Waals surface area contributed by atoms with Crippen molar-refractivity contribution in [2.24, 2.45) is 22.9 Å². The van der Waals surface area contributed by atoms with Crippen LogP contribution in [0.2, 0.25) is 0 Å². The summed E-state index contributed by atoms with van der Waals surface area (Å²) in [5.41, 5.74) is 5.25. The second-order valence-electron chi connectivity index (χ2n) is 19.4. The first-order chi connectivity index (χ1) is 34.3. The number of amides is 1. The van der Waals surface area contributed by atoms with Gasteiger partial charge in [-0.3, -0.25) is 9.88 Å². The average Bonchev–Trinajstić information content (AvgIpc) is 3.85. The number of allylic oxidation sites excluding steroid dienone is 1. The molecule has 2 aliphatic heterocycles. The number of hydrogen-bond acceptors (Lipinski definition) is 12. The van der Waals surface area contributed by atoms with Gasteiger partial charge in [-0.1, -0.05) is 107 Å². The lowest BCUT2D eigenvalue weighted by molar-refractivity contribution is -0.256. The van der Waals surface area contributed by atoms with Gasteiger partial charge in [0.05, 0.1) is 30.5 Å². The molecule has 0 spiro atoms. The summed E-state index contributed by atoms with van der Waals surface area (Å²) < 4.78 is 39.0. The Bertz CT molecular complexity index is 2200. The predicted molar refractivity (Wildman–Crippen MR) is 271 cm³/mol. The van der Waals surface area contributed by atoms with Gasteiger partial charge in [0.1, 0.15) is 30.8 Å². The number of aliphatic hydroxyl groups is 2. The lowest BCUT2D eigenvalue weighted by Gasteiger charge is -2.59. The van der Waals surface area contributed by atoms with Crippen LogP contribution in [0.5, 0.6) is 23.0 Å². The van der Waals surface area contributed by atoms with Crippen LogP contribution in [0.15, 0.2) is 84.1 Å². The highest BCUT2D eigenvalue weighted by Crippen LogP contribution is 2.62. The number of aromatic nitrogens is 1. The Kier molecular flexibility index (Phi) is 20.3. The molecule has 6 atom stereocenters. The zero-order valence-electron chi connectivity index (χ0n) is 42.1. The number of carbonyl (C=O) groups excluding carboxylic acids is 1. The summed E-state index contributed by atoms with van der Waals surface area (Å²) in [6, 6.07) is 16.9. The number of aryl methyl sites for hydroxylation is 1. The van der Waals surface area contributed by atoms with Gasteiger partial charge in [-0.15, -0.1) is 6.58 Å². The third kappa shape index (κ3) is 13.2. The summed E-state index contributed by atoms with van der Waals surface area (Å²) in [6.45, 7) is 11.8. The van der Waals surface area contributed by atoms with Gasteiger partial charge >= 0.3 is 6.09 Å². The third-order valence-electron chi connectivity index (χ3n) is 14.4. The highest BCUT2D eigenvalue weighted by Gasteiger charge is 2.65. The van der Waals surface area contributed by atoms with E-state index in [2.05, 4.69) is 30.6 Å². The molecule has 2 N–H and O–H groups in total. The van der Waals surface area contributed by atoms with Gasteiger partial charge in [-0.05, 0) is 111 Å². The monoisotopic (exact) mass is 966 g/mol. The van der Waals surface area contributed by atoms with E-state index in [1.807, 2.05) is 62.4 Å². The van der Waals surface area contributed by atoms with Crippen LogP contribution in [-0.2, 0) is 27.5 Å². The molecule has 2 aliphatic carbocycles. The number of oxime groups is 1. The molecule has 2 aromatic carbocycles. The molecule has 0 bridgehead atoms. The Balaban J connectivity index is 1.31. The molecule has 3 aromatic rings. The summed E-state index contributed by atoms with van der Waals surface area (Å²) >= 11 is 0. The molecule has 6 unspecified atom stereocenters.